The molecule has 2 fully saturated rings. The molecule has 8 nitrogen and oxygen atoms in total. The number of piperazine rings is 1. The molecule has 194 valence electrons. The average molecular weight is 520 g/mol. The molecule has 0 atom stereocenters. The standard InChI is InChI=1S/C28H34ClN7O/c1-35-13-15-36(16-14-35)24-12-9-21(17-23(24)34-27-25(30)26(29)31-18-32-27)19-7-10-22(11-8-19)33-28(37)20-5-3-2-4-6-20/h7-12,17-18,20H,2-6,13-16,30H2,1H3,(H,33,37)(H,31,32,34). The summed E-state index contributed by atoms with van der Waals surface area (Å²) in [6.45, 7) is 3.85. The first-order valence-electron chi connectivity index (χ1n) is 13.0. The predicted molar refractivity (Wildman–Crippen MR) is 152 cm³/mol. The number of aromatic nitrogens is 2. The van der Waals surface area contributed by atoms with Gasteiger partial charge in [-0.1, -0.05) is 49.1 Å². The van der Waals surface area contributed by atoms with E-state index < -0.39 is 0 Å². The van der Waals surface area contributed by atoms with E-state index in [1.165, 1.54) is 12.7 Å². The van der Waals surface area contributed by atoms with Crippen molar-refractivity contribution in [3.63, 3.8) is 0 Å². The Balaban J connectivity index is 1.39. The van der Waals surface area contributed by atoms with Crippen LogP contribution < -0.4 is 21.3 Å². The van der Waals surface area contributed by atoms with Crippen molar-refractivity contribution in [2.24, 2.45) is 5.92 Å². The maximum absolute atomic E-state index is 12.6. The number of carbonyl (C=O) groups is 1. The number of halogens is 1. The van der Waals surface area contributed by atoms with Gasteiger partial charge in [0.25, 0.3) is 0 Å². The monoisotopic (exact) mass is 519 g/mol. The van der Waals surface area contributed by atoms with Crippen molar-refractivity contribution in [2.45, 2.75) is 32.1 Å². The molecule has 1 saturated carbocycles. The zero-order chi connectivity index (χ0) is 25.8. The Hall–Kier alpha value is -3.36. The number of carbonyl (C=O) groups excluding carboxylic acids is 1. The summed E-state index contributed by atoms with van der Waals surface area (Å²) < 4.78 is 0. The Morgan fingerprint density at radius 3 is 2.41 bits per heavy atom. The highest BCUT2D eigenvalue weighted by atomic mass is 35.5. The van der Waals surface area contributed by atoms with Crippen LogP contribution in [0.1, 0.15) is 32.1 Å². The van der Waals surface area contributed by atoms with Gasteiger partial charge in [0, 0.05) is 37.8 Å². The Bertz CT molecular complexity index is 1240. The molecule has 37 heavy (non-hydrogen) atoms. The van der Waals surface area contributed by atoms with Crippen LogP contribution in [-0.2, 0) is 4.79 Å². The molecule has 2 heterocycles. The van der Waals surface area contributed by atoms with Crippen LogP contribution in [0.5, 0.6) is 0 Å². The predicted octanol–water partition coefficient (Wildman–Crippen LogP) is 5.39. The molecule has 0 bridgehead atoms. The summed E-state index contributed by atoms with van der Waals surface area (Å²) in [5, 5.41) is 6.72. The van der Waals surface area contributed by atoms with E-state index in [0.717, 1.165) is 80.1 Å². The fraction of sp³-hybridized carbons (Fsp3) is 0.393. The van der Waals surface area contributed by atoms with E-state index in [4.69, 9.17) is 17.3 Å². The zero-order valence-electron chi connectivity index (χ0n) is 21.2. The molecule has 1 aliphatic heterocycles. The maximum Gasteiger partial charge on any atom is 0.227 e. The van der Waals surface area contributed by atoms with Crippen molar-refractivity contribution < 1.29 is 4.79 Å². The number of amides is 1. The van der Waals surface area contributed by atoms with Gasteiger partial charge in [-0.3, -0.25) is 4.79 Å². The number of benzene rings is 2. The summed E-state index contributed by atoms with van der Waals surface area (Å²) in [6.07, 6.45) is 6.90. The van der Waals surface area contributed by atoms with E-state index in [1.807, 2.05) is 24.3 Å². The third kappa shape index (κ3) is 5.97. The Labute approximate surface area is 223 Å². The SMILES string of the molecule is CN1CCN(c2ccc(-c3ccc(NC(=O)C4CCCCC4)cc3)cc2Nc2ncnc(Cl)c2N)CC1. The number of likely N-dealkylation sites (N-methyl/N-ethyl adjacent to an activating group) is 1. The van der Waals surface area contributed by atoms with E-state index in [-0.39, 0.29) is 17.0 Å². The molecule has 9 heteroatoms. The van der Waals surface area contributed by atoms with Crippen molar-refractivity contribution in [2.75, 3.05) is 54.5 Å². The van der Waals surface area contributed by atoms with E-state index in [2.05, 4.69) is 55.6 Å². The first kappa shape index (κ1) is 25.3. The second-order valence-corrected chi connectivity index (χ2v) is 10.3. The summed E-state index contributed by atoms with van der Waals surface area (Å²) in [4.78, 5) is 25.6. The van der Waals surface area contributed by atoms with Crippen LogP contribution in [0, 0.1) is 5.92 Å². The molecule has 3 aromatic rings. The fourth-order valence-corrected chi connectivity index (χ4v) is 5.23. The van der Waals surface area contributed by atoms with E-state index in [9.17, 15) is 4.79 Å². The lowest BCUT2D eigenvalue weighted by Crippen LogP contribution is -2.44. The first-order valence-corrected chi connectivity index (χ1v) is 13.4. The topological polar surface area (TPSA) is 99.4 Å². The minimum Gasteiger partial charge on any atom is -0.393 e. The van der Waals surface area contributed by atoms with Crippen LogP contribution in [-0.4, -0.2) is 54.0 Å². The Morgan fingerprint density at radius 1 is 0.973 bits per heavy atom. The largest absolute Gasteiger partial charge is 0.393 e. The van der Waals surface area contributed by atoms with Crippen molar-refractivity contribution in [3.05, 3.63) is 53.9 Å². The lowest BCUT2D eigenvalue weighted by Gasteiger charge is -2.35. The molecule has 0 unspecified atom stereocenters. The quantitative estimate of drug-likeness (QED) is 0.375. The van der Waals surface area contributed by atoms with Crippen LogP contribution in [0.25, 0.3) is 11.1 Å². The minimum absolute atomic E-state index is 0.131. The van der Waals surface area contributed by atoms with Gasteiger partial charge in [0.2, 0.25) is 5.91 Å². The molecule has 0 spiro atoms. The number of nitrogens with zero attached hydrogens (tertiary/aromatic N) is 4. The molecular weight excluding hydrogens is 486 g/mol. The fourth-order valence-electron chi connectivity index (χ4n) is 5.10. The Kier molecular flexibility index (Phi) is 7.76. The Morgan fingerprint density at radius 2 is 1.68 bits per heavy atom. The molecule has 1 amide bonds. The highest BCUT2D eigenvalue weighted by Crippen LogP contribution is 2.36. The van der Waals surface area contributed by atoms with Gasteiger partial charge in [-0.15, -0.1) is 0 Å². The van der Waals surface area contributed by atoms with Crippen molar-refractivity contribution in [1.82, 2.24) is 14.9 Å². The zero-order valence-corrected chi connectivity index (χ0v) is 22.0. The second kappa shape index (κ2) is 11.4. The molecule has 5 rings (SSSR count). The van der Waals surface area contributed by atoms with Gasteiger partial charge in [0.05, 0.1) is 11.4 Å². The molecular formula is C28H34ClN7O. The minimum atomic E-state index is 0.131. The summed E-state index contributed by atoms with van der Waals surface area (Å²) in [7, 11) is 2.14. The number of nitrogens with two attached hydrogens (primary N) is 1. The van der Waals surface area contributed by atoms with Gasteiger partial charge in [-0.25, -0.2) is 9.97 Å². The number of anilines is 5. The second-order valence-electron chi connectivity index (χ2n) is 9.98. The van der Waals surface area contributed by atoms with E-state index in [0.29, 0.717) is 11.5 Å². The third-order valence-corrected chi connectivity index (χ3v) is 7.69. The smallest absolute Gasteiger partial charge is 0.227 e. The highest BCUT2D eigenvalue weighted by molar-refractivity contribution is 6.32. The van der Waals surface area contributed by atoms with Crippen LogP contribution in [0.4, 0.5) is 28.6 Å². The molecule has 2 aromatic carbocycles. The van der Waals surface area contributed by atoms with Gasteiger partial charge in [-0.2, -0.15) is 0 Å². The summed E-state index contributed by atoms with van der Waals surface area (Å²) in [5.74, 6) is 0.747. The lowest BCUT2D eigenvalue weighted by atomic mass is 9.88. The molecule has 2 aliphatic rings. The number of nitrogen functional groups attached to an aromatic ring is 1. The van der Waals surface area contributed by atoms with Gasteiger partial charge in [-0.05, 0) is 55.3 Å². The molecule has 4 N–H and O–H groups in total. The summed E-state index contributed by atoms with van der Waals surface area (Å²) >= 11 is 6.15. The number of hydrogen-bond donors (Lipinski definition) is 3. The van der Waals surface area contributed by atoms with Crippen LogP contribution in [0.2, 0.25) is 5.15 Å². The normalized spacial score (nSPS) is 17.0. The average Bonchev–Trinajstić information content (AvgIpc) is 2.93. The van der Waals surface area contributed by atoms with Crippen molar-refractivity contribution in [3.8, 4) is 11.1 Å². The number of rotatable bonds is 6. The first-order chi connectivity index (χ1) is 18.0. The van der Waals surface area contributed by atoms with E-state index in [1.54, 1.807) is 0 Å². The van der Waals surface area contributed by atoms with Crippen LogP contribution in [0.15, 0.2) is 48.8 Å². The summed E-state index contributed by atoms with van der Waals surface area (Å²) in [6, 6.07) is 14.4. The highest BCUT2D eigenvalue weighted by Gasteiger charge is 2.21. The maximum atomic E-state index is 12.6. The number of nitrogens with one attached hydrogen (secondary N) is 2. The van der Waals surface area contributed by atoms with Crippen molar-refractivity contribution in [1.29, 1.82) is 0 Å². The van der Waals surface area contributed by atoms with Crippen LogP contribution in [0.3, 0.4) is 0 Å². The lowest BCUT2D eigenvalue weighted by molar-refractivity contribution is -0.120. The summed E-state index contributed by atoms with van der Waals surface area (Å²) in [5.41, 5.74) is 11.4. The molecule has 1 saturated heterocycles. The third-order valence-electron chi connectivity index (χ3n) is 7.39. The molecule has 1 aromatic heterocycles. The van der Waals surface area contributed by atoms with Gasteiger partial charge >= 0.3 is 0 Å². The van der Waals surface area contributed by atoms with Gasteiger partial charge in [0.1, 0.15) is 12.0 Å². The van der Waals surface area contributed by atoms with Gasteiger partial charge < -0.3 is 26.2 Å². The van der Waals surface area contributed by atoms with Gasteiger partial charge in [0.15, 0.2) is 11.0 Å². The van der Waals surface area contributed by atoms with Crippen molar-refractivity contribution >= 4 is 46.1 Å². The molecule has 1 aliphatic carbocycles. The number of hydrogen-bond acceptors (Lipinski definition) is 7. The van der Waals surface area contributed by atoms with E-state index >= 15 is 0 Å². The molecule has 0 radical (unpaired) electrons. The van der Waals surface area contributed by atoms with Crippen LogP contribution >= 0.6 is 11.6 Å².